The SMILES string of the molecule is Cc1cc2nn(-c3ccccc3)nc2cc1NC(=O)c1ccc(C)c([N+](=O)[O-])c1. The number of nitrogens with one attached hydrogen (secondary N) is 1. The number of carbonyl (C=O) groups is 1. The van der Waals surface area contributed by atoms with Crippen molar-refractivity contribution in [1.29, 1.82) is 0 Å². The van der Waals surface area contributed by atoms with Gasteiger partial charge in [0.1, 0.15) is 11.0 Å². The van der Waals surface area contributed by atoms with Gasteiger partial charge in [-0.3, -0.25) is 14.9 Å². The quantitative estimate of drug-likeness (QED) is 0.418. The highest BCUT2D eigenvalue weighted by Gasteiger charge is 2.16. The van der Waals surface area contributed by atoms with E-state index in [1.807, 2.05) is 43.3 Å². The van der Waals surface area contributed by atoms with E-state index in [9.17, 15) is 14.9 Å². The van der Waals surface area contributed by atoms with Crippen molar-refractivity contribution in [3.8, 4) is 5.69 Å². The van der Waals surface area contributed by atoms with Crippen LogP contribution in [0.15, 0.2) is 60.7 Å². The largest absolute Gasteiger partial charge is 0.322 e. The fourth-order valence-electron chi connectivity index (χ4n) is 3.02. The fourth-order valence-corrected chi connectivity index (χ4v) is 3.02. The number of amides is 1. The average molecular weight is 387 g/mol. The predicted molar refractivity (Wildman–Crippen MR) is 109 cm³/mol. The van der Waals surface area contributed by atoms with E-state index in [1.165, 1.54) is 6.07 Å². The first-order valence-corrected chi connectivity index (χ1v) is 8.92. The third-order valence-electron chi connectivity index (χ3n) is 4.63. The second kappa shape index (κ2) is 7.16. The predicted octanol–water partition coefficient (Wildman–Crippen LogP) is 4.20. The molecule has 0 saturated heterocycles. The number of para-hydroxylation sites is 1. The Hall–Kier alpha value is -4.07. The molecule has 4 aromatic rings. The number of fused-ring (bicyclic) bond motifs is 1. The molecule has 1 amide bonds. The van der Waals surface area contributed by atoms with Crippen LogP contribution in [-0.2, 0) is 0 Å². The number of aryl methyl sites for hydroxylation is 2. The fraction of sp³-hybridized carbons (Fsp3) is 0.0952. The summed E-state index contributed by atoms with van der Waals surface area (Å²) in [5, 5.41) is 22.9. The molecule has 3 aromatic carbocycles. The highest BCUT2D eigenvalue weighted by molar-refractivity contribution is 6.05. The Balaban J connectivity index is 1.66. The second-order valence-electron chi connectivity index (χ2n) is 6.69. The molecule has 144 valence electrons. The monoisotopic (exact) mass is 387 g/mol. The molecule has 8 nitrogen and oxygen atoms in total. The van der Waals surface area contributed by atoms with Gasteiger partial charge < -0.3 is 5.32 Å². The first kappa shape index (κ1) is 18.3. The molecule has 0 aliphatic carbocycles. The zero-order chi connectivity index (χ0) is 20.5. The first-order valence-electron chi connectivity index (χ1n) is 8.92. The van der Waals surface area contributed by atoms with Crippen molar-refractivity contribution in [2.45, 2.75) is 13.8 Å². The maximum Gasteiger partial charge on any atom is 0.273 e. The maximum absolute atomic E-state index is 12.6. The summed E-state index contributed by atoms with van der Waals surface area (Å²) < 4.78 is 0. The lowest BCUT2D eigenvalue weighted by Gasteiger charge is -2.08. The Morgan fingerprint density at radius 2 is 1.66 bits per heavy atom. The molecule has 0 unspecified atom stereocenters. The molecule has 0 saturated carbocycles. The van der Waals surface area contributed by atoms with Gasteiger partial charge in [0.25, 0.3) is 11.6 Å². The van der Waals surface area contributed by atoms with Gasteiger partial charge >= 0.3 is 0 Å². The summed E-state index contributed by atoms with van der Waals surface area (Å²) in [7, 11) is 0. The van der Waals surface area contributed by atoms with Crippen molar-refractivity contribution < 1.29 is 9.72 Å². The zero-order valence-electron chi connectivity index (χ0n) is 15.8. The van der Waals surface area contributed by atoms with Gasteiger partial charge in [0.15, 0.2) is 0 Å². The van der Waals surface area contributed by atoms with Crippen LogP contribution in [0.4, 0.5) is 11.4 Å². The smallest absolute Gasteiger partial charge is 0.273 e. The van der Waals surface area contributed by atoms with Gasteiger partial charge in [-0.1, -0.05) is 24.3 Å². The van der Waals surface area contributed by atoms with Crippen LogP contribution in [0, 0.1) is 24.0 Å². The van der Waals surface area contributed by atoms with Crippen LogP contribution >= 0.6 is 0 Å². The molecule has 29 heavy (non-hydrogen) atoms. The summed E-state index contributed by atoms with van der Waals surface area (Å²) in [6.07, 6.45) is 0. The van der Waals surface area contributed by atoms with Gasteiger partial charge in [0, 0.05) is 22.9 Å². The lowest BCUT2D eigenvalue weighted by Crippen LogP contribution is -2.13. The van der Waals surface area contributed by atoms with E-state index in [-0.39, 0.29) is 11.3 Å². The van der Waals surface area contributed by atoms with Crippen molar-refractivity contribution in [3.63, 3.8) is 0 Å². The standard InChI is InChI=1S/C21H17N5O3/c1-13-8-9-15(11-20(13)26(28)29)21(27)22-17-12-19-18(10-14(17)2)23-25(24-19)16-6-4-3-5-7-16/h3-12H,1-2H3,(H,22,27). The molecule has 8 heteroatoms. The number of nitrogens with zero attached hydrogens (tertiary/aromatic N) is 4. The van der Waals surface area contributed by atoms with Crippen molar-refractivity contribution in [2.24, 2.45) is 0 Å². The van der Waals surface area contributed by atoms with Crippen LogP contribution < -0.4 is 5.32 Å². The van der Waals surface area contributed by atoms with Crippen LogP contribution in [0.3, 0.4) is 0 Å². The van der Waals surface area contributed by atoms with Gasteiger partial charge in [-0.05, 0) is 49.7 Å². The van der Waals surface area contributed by atoms with E-state index in [0.717, 1.165) is 11.3 Å². The van der Waals surface area contributed by atoms with Gasteiger partial charge in [-0.2, -0.15) is 4.80 Å². The van der Waals surface area contributed by atoms with Gasteiger partial charge in [0.2, 0.25) is 0 Å². The zero-order valence-corrected chi connectivity index (χ0v) is 15.8. The molecule has 4 rings (SSSR count). The topological polar surface area (TPSA) is 103 Å². The Labute approximate surface area is 165 Å². The molecule has 0 radical (unpaired) electrons. The summed E-state index contributed by atoms with van der Waals surface area (Å²) in [5.74, 6) is -0.425. The first-order chi connectivity index (χ1) is 13.9. The van der Waals surface area contributed by atoms with Crippen LogP contribution in [-0.4, -0.2) is 25.8 Å². The number of hydrogen-bond donors (Lipinski definition) is 1. The number of nitro groups is 1. The lowest BCUT2D eigenvalue weighted by atomic mass is 10.1. The molecular formula is C21H17N5O3. The van der Waals surface area contributed by atoms with Crippen molar-refractivity contribution in [3.05, 3.63) is 87.5 Å². The third kappa shape index (κ3) is 3.55. The molecule has 0 fully saturated rings. The van der Waals surface area contributed by atoms with E-state index in [4.69, 9.17) is 0 Å². The number of aromatic nitrogens is 3. The molecular weight excluding hydrogens is 370 g/mol. The summed E-state index contributed by atoms with van der Waals surface area (Å²) in [6.45, 7) is 3.49. The van der Waals surface area contributed by atoms with E-state index in [1.54, 1.807) is 29.9 Å². The van der Waals surface area contributed by atoms with Crippen molar-refractivity contribution in [2.75, 3.05) is 5.32 Å². The minimum absolute atomic E-state index is 0.0874. The van der Waals surface area contributed by atoms with E-state index >= 15 is 0 Å². The minimum Gasteiger partial charge on any atom is -0.322 e. The molecule has 1 aromatic heterocycles. The molecule has 1 N–H and O–H groups in total. The molecule has 1 heterocycles. The second-order valence-corrected chi connectivity index (χ2v) is 6.69. The van der Waals surface area contributed by atoms with Crippen LogP contribution in [0.2, 0.25) is 0 Å². The number of rotatable bonds is 4. The molecule has 0 atom stereocenters. The summed E-state index contributed by atoms with van der Waals surface area (Å²) in [5.41, 5.74) is 4.18. The number of anilines is 1. The number of nitro benzene ring substituents is 1. The van der Waals surface area contributed by atoms with Gasteiger partial charge in [-0.25, -0.2) is 0 Å². The maximum atomic E-state index is 12.6. The number of hydrogen-bond acceptors (Lipinski definition) is 5. The van der Waals surface area contributed by atoms with Crippen LogP contribution in [0.5, 0.6) is 0 Å². The van der Waals surface area contributed by atoms with E-state index < -0.39 is 10.8 Å². The summed E-state index contributed by atoms with van der Waals surface area (Å²) in [4.78, 5) is 24.8. The van der Waals surface area contributed by atoms with Gasteiger partial charge in [0.05, 0.1) is 10.6 Å². The summed E-state index contributed by atoms with van der Waals surface area (Å²) in [6, 6.07) is 17.5. The van der Waals surface area contributed by atoms with Crippen molar-refractivity contribution in [1.82, 2.24) is 15.0 Å². The molecule has 0 bridgehead atoms. The number of carbonyl (C=O) groups excluding carboxylic acids is 1. The summed E-state index contributed by atoms with van der Waals surface area (Å²) >= 11 is 0. The third-order valence-corrected chi connectivity index (χ3v) is 4.63. The van der Waals surface area contributed by atoms with E-state index in [2.05, 4.69) is 15.5 Å². The normalized spacial score (nSPS) is 10.8. The molecule has 0 aliphatic rings. The average Bonchev–Trinajstić information content (AvgIpc) is 3.11. The van der Waals surface area contributed by atoms with Crippen LogP contribution in [0.25, 0.3) is 16.7 Å². The van der Waals surface area contributed by atoms with E-state index in [0.29, 0.717) is 22.3 Å². The Morgan fingerprint density at radius 1 is 0.966 bits per heavy atom. The van der Waals surface area contributed by atoms with Crippen LogP contribution in [0.1, 0.15) is 21.5 Å². The Morgan fingerprint density at radius 3 is 2.34 bits per heavy atom. The highest BCUT2D eigenvalue weighted by Crippen LogP contribution is 2.24. The molecule has 0 aliphatic heterocycles. The lowest BCUT2D eigenvalue weighted by molar-refractivity contribution is -0.385. The Kier molecular flexibility index (Phi) is 4.52. The van der Waals surface area contributed by atoms with Gasteiger partial charge in [-0.15, -0.1) is 10.2 Å². The highest BCUT2D eigenvalue weighted by atomic mass is 16.6. The molecule has 0 spiro atoms. The number of benzene rings is 3. The Bertz CT molecular complexity index is 1250. The van der Waals surface area contributed by atoms with Crippen molar-refractivity contribution >= 4 is 28.3 Å². The minimum atomic E-state index is -0.495.